The van der Waals surface area contributed by atoms with Gasteiger partial charge in [-0.15, -0.1) is 0 Å². The molecule has 0 radical (unpaired) electrons. The molecule has 2 N–H and O–H groups in total. The summed E-state index contributed by atoms with van der Waals surface area (Å²) in [5.41, 5.74) is 5.86. The summed E-state index contributed by atoms with van der Waals surface area (Å²) in [5.74, 6) is 0.679. The Morgan fingerprint density at radius 3 is 2.77 bits per heavy atom. The summed E-state index contributed by atoms with van der Waals surface area (Å²) in [6, 6.07) is 0.937. The molecule has 1 heterocycles. The van der Waals surface area contributed by atoms with Gasteiger partial charge in [-0.2, -0.15) is 0 Å². The van der Waals surface area contributed by atoms with Gasteiger partial charge in [0, 0.05) is 13.7 Å². The number of nitrogens with zero attached hydrogens (tertiary/aromatic N) is 2. The zero-order valence-electron chi connectivity index (χ0n) is 8.07. The van der Waals surface area contributed by atoms with Crippen molar-refractivity contribution in [2.75, 3.05) is 20.3 Å². The van der Waals surface area contributed by atoms with Crippen LogP contribution in [-0.2, 0) is 4.74 Å². The van der Waals surface area contributed by atoms with Gasteiger partial charge in [-0.25, -0.2) is 4.99 Å². The zero-order chi connectivity index (χ0) is 9.26. The maximum Gasteiger partial charge on any atom is 0.191 e. The van der Waals surface area contributed by atoms with E-state index in [4.69, 9.17) is 10.5 Å². The monoisotopic (exact) mass is 183 g/mol. The first-order valence-electron chi connectivity index (χ1n) is 4.91. The SMILES string of the molecule is CN(C(N)=NC1CC1)C1CCOC1. The van der Waals surface area contributed by atoms with Crippen LogP contribution in [-0.4, -0.2) is 43.2 Å². The zero-order valence-corrected chi connectivity index (χ0v) is 8.07. The quantitative estimate of drug-likeness (QED) is 0.491. The lowest BCUT2D eigenvalue weighted by molar-refractivity contribution is 0.179. The van der Waals surface area contributed by atoms with Crippen molar-refractivity contribution in [3.05, 3.63) is 0 Å². The summed E-state index contributed by atoms with van der Waals surface area (Å²) in [5, 5.41) is 0. The normalized spacial score (nSPS) is 29.3. The van der Waals surface area contributed by atoms with Crippen molar-refractivity contribution in [2.45, 2.75) is 31.3 Å². The van der Waals surface area contributed by atoms with E-state index in [1.54, 1.807) is 0 Å². The molecule has 0 bridgehead atoms. The van der Waals surface area contributed by atoms with Gasteiger partial charge >= 0.3 is 0 Å². The van der Waals surface area contributed by atoms with E-state index in [-0.39, 0.29) is 0 Å². The van der Waals surface area contributed by atoms with Crippen LogP contribution < -0.4 is 5.73 Å². The number of aliphatic imine (C=N–C) groups is 1. The summed E-state index contributed by atoms with van der Waals surface area (Å²) in [7, 11) is 2.00. The number of guanidine groups is 1. The molecular weight excluding hydrogens is 166 g/mol. The van der Waals surface area contributed by atoms with E-state index < -0.39 is 0 Å². The number of likely N-dealkylation sites (N-methyl/N-ethyl adjacent to an activating group) is 1. The summed E-state index contributed by atoms with van der Waals surface area (Å²) in [4.78, 5) is 6.44. The van der Waals surface area contributed by atoms with Crippen molar-refractivity contribution in [1.29, 1.82) is 0 Å². The second-order valence-electron chi connectivity index (χ2n) is 3.85. The molecule has 1 aliphatic heterocycles. The highest BCUT2D eigenvalue weighted by atomic mass is 16.5. The Morgan fingerprint density at radius 1 is 1.46 bits per heavy atom. The molecule has 1 unspecified atom stereocenters. The Bertz CT molecular complexity index is 207. The fourth-order valence-electron chi connectivity index (χ4n) is 1.50. The maximum atomic E-state index is 5.86. The highest BCUT2D eigenvalue weighted by Gasteiger charge is 2.25. The molecular formula is C9H17N3O. The Labute approximate surface area is 78.8 Å². The first kappa shape index (κ1) is 8.81. The fraction of sp³-hybridized carbons (Fsp3) is 0.889. The topological polar surface area (TPSA) is 50.8 Å². The van der Waals surface area contributed by atoms with Gasteiger partial charge in [0.15, 0.2) is 5.96 Å². The second-order valence-corrected chi connectivity index (χ2v) is 3.85. The smallest absolute Gasteiger partial charge is 0.191 e. The molecule has 2 rings (SSSR count). The molecule has 2 fully saturated rings. The van der Waals surface area contributed by atoms with Crippen LogP contribution in [0.1, 0.15) is 19.3 Å². The first-order chi connectivity index (χ1) is 6.27. The van der Waals surface area contributed by atoms with Crippen molar-refractivity contribution >= 4 is 5.96 Å². The molecule has 2 aliphatic rings. The third-order valence-corrected chi connectivity index (χ3v) is 2.68. The van der Waals surface area contributed by atoms with Gasteiger partial charge in [0.05, 0.1) is 18.7 Å². The predicted molar refractivity (Wildman–Crippen MR) is 51.6 cm³/mol. The van der Waals surface area contributed by atoms with E-state index in [9.17, 15) is 0 Å². The number of hydrogen-bond acceptors (Lipinski definition) is 2. The largest absolute Gasteiger partial charge is 0.379 e. The molecule has 74 valence electrons. The molecule has 1 saturated carbocycles. The maximum absolute atomic E-state index is 5.86. The van der Waals surface area contributed by atoms with Gasteiger partial charge in [-0.05, 0) is 19.3 Å². The van der Waals surface area contributed by atoms with Crippen molar-refractivity contribution in [3.63, 3.8) is 0 Å². The van der Waals surface area contributed by atoms with Crippen molar-refractivity contribution in [2.24, 2.45) is 10.7 Å². The van der Waals surface area contributed by atoms with Crippen LogP contribution in [0, 0.1) is 0 Å². The standard InChI is InChI=1S/C9H17N3O/c1-12(8-4-5-13-6-8)9(10)11-7-2-3-7/h7-8H,2-6H2,1H3,(H2,10,11). The van der Waals surface area contributed by atoms with Crippen LogP contribution in [0.25, 0.3) is 0 Å². The minimum atomic E-state index is 0.433. The van der Waals surface area contributed by atoms with Gasteiger partial charge in [-0.1, -0.05) is 0 Å². The van der Waals surface area contributed by atoms with Gasteiger partial charge in [0.1, 0.15) is 0 Å². The molecule has 0 spiro atoms. The summed E-state index contributed by atoms with van der Waals surface area (Å²) < 4.78 is 5.30. The molecule has 4 heteroatoms. The Balaban J connectivity index is 1.89. The summed E-state index contributed by atoms with van der Waals surface area (Å²) >= 11 is 0. The molecule has 1 atom stereocenters. The lowest BCUT2D eigenvalue weighted by atomic mass is 10.2. The van der Waals surface area contributed by atoms with Crippen molar-refractivity contribution < 1.29 is 4.74 Å². The molecule has 0 aromatic heterocycles. The molecule has 0 aromatic rings. The van der Waals surface area contributed by atoms with Gasteiger partial charge in [0.25, 0.3) is 0 Å². The average molecular weight is 183 g/mol. The van der Waals surface area contributed by atoms with Gasteiger partial charge in [-0.3, -0.25) is 0 Å². The Kier molecular flexibility index (Phi) is 2.40. The van der Waals surface area contributed by atoms with Crippen LogP contribution in [0.3, 0.4) is 0 Å². The number of hydrogen-bond donors (Lipinski definition) is 1. The minimum absolute atomic E-state index is 0.433. The molecule has 1 aliphatic carbocycles. The number of ether oxygens (including phenoxy) is 1. The second kappa shape index (κ2) is 3.54. The summed E-state index contributed by atoms with van der Waals surface area (Å²) in [6.07, 6.45) is 3.48. The Hall–Kier alpha value is -0.770. The number of nitrogens with two attached hydrogens (primary N) is 1. The minimum Gasteiger partial charge on any atom is -0.379 e. The molecule has 13 heavy (non-hydrogen) atoms. The van der Waals surface area contributed by atoms with E-state index in [1.165, 1.54) is 12.8 Å². The predicted octanol–water partition coefficient (Wildman–Crippen LogP) is 0.184. The first-order valence-corrected chi connectivity index (χ1v) is 4.91. The summed E-state index contributed by atoms with van der Waals surface area (Å²) in [6.45, 7) is 1.64. The molecule has 4 nitrogen and oxygen atoms in total. The van der Waals surface area contributed by atoms with E-state index in [2.05, 4.69) is 4.99 Å². The highest BCUT2D eigenvalue weighted by molar-refractivity contribution is 5.78. The average Bonchev–Trinajstić information content (AvgIpc) is 2.78. The third kappa shape index (κ3) is 2.12. The van der Waals surface area contributed by atoms with Crippen LogP contribution in [0.15, 0.2) is 4.99 Å². The van der Waals surface area contributed by atoms with Crippen molar-refractivity contribution in [3.8, 4) is 0 Å². The van der Waals surface area contributed by atoms with Gasteiger partial charge < -0.3 is 15.4 Å². The van der Waals surface area contributed by atoms with Crippen LogP contribution in [0.2, 0.25) is 0 Å². The molecule has 1 saturated heterocycles. The third-order valence-electron chi connectivity index (χ3n) is 2.68. The fourth-order valence-corrected chi connectivity index (χ4v) is 1.50. The lowest BCUT2D eigenvalue weighted by Gasteiger charge is -2.23. The molecule has 0 aromatic carbocycles. The van der Waals surface area contributed by atoms with Crippen LogP contribution >= 0.6 is 0 Å². The number of rotatable bonds is 2. The lowest BCUT2D eigenvalue weighted by Crippen LogP contribution is -2.42. The van der Waals surface area contributed by atoms with Crippen molar-refractivity contribution in [1.82, 2.24) is 4.90 Å². The van der Waals surface area contributed by atoms with E-state index in [1.807, 2.05) is 11.9 Å². The van der Waals surface area contributed by atoms with E-state index in [0.29, 0.717) is 18.0 Å². The van der Waals surface area contributed by atoms with E-state index >= 15 is 0 Å². The van der Waals surface area contributed by atoms with E-state index in [0.717, 1.165) is 19.6 Å². The Morgan fingerprint density at radius 2 is 2.23 bits per heavy atom. The highest BCUT2D eigenvalue weighted by Crippen LogP contribution is 2.23. The van der Waals surface area contributed by atoms with Gasteiger partial charge in [0.2, 0.25) is 0 Å². The van der Waals surface area contributed by atoms with Crippen LogP contribution in [0.5, 0.6) is 0 Å². The van der Waals surface area contributed by atoms with Crippen LogP contribution in [0.4, 0.5) is 0 Å². The molecule has 0 amide bonds.